The predicted octanol–water partition coefficient (Wildman–Crippen LogP) is 3.38. The molecule has 6 rings (SSSR count). The zero-order valence-corrected chi connectivity index (χ0v) is 19.8. The average Bonchev–Trinajstić information content (AvgIpc) is 3.63. The number of aromatic nitrogens is 4. The van der Waals surface area contributed by atoms with E-state index in [0.717, 1.165) is 11.3 Å². The van der Waals surface area contributed by atoms with Crippen molar-refractivity contribution in [1.29, 1.82) is 0 Å². The van der Waals surface area contributed by atoms with E-state index in [1.165, 1.54) is 35.2 Å². The molecule has 0 spiro atoms. The Morgan fingerprint density at radius 3 is 2.50 bits per heavy atom. The minimum Gasteiger partial charge on any atom is -0.494 e. The summed E-state index contributed by atoms with van der Waals surface area (Å²) in [4.78, 5) is 28.9. The summed E-state index contributed by atoms with van der Waals surface area (Å²) in [5, 5.41) is 21.1. The zero-order chi connectivity index (χ0) is 26.3. The summed E-state index contributed by atoms with van der Waals surface area (Å²) in [6.45, 7) is 0.223. The van der Waals surface area contributed by atoms with Crippen LogP contribution in [0, 0.1) is 5.82 Å². The van der Waals surface area contributed by atoms with Gasteiger partial charge < -0.3 is 19.7 Å². The summed E-state index contributed by atoms with van der Waals surface area (Å²) >= 11 is 0. The van der Waals surface area contributed by atoms with Gasteiger partial charge in [0.1, 0.15) is 30.8 Å². The molecule has 1 fully saturated rings. The number of hydrogen-bond acceptors (Lipinski definition) is 6. The Balaban J connectivity index is 1.24. The second-order valence-electron chi connectivity index (χ2n) is 8.95. The van der Waals surface area contributed by atoms with Crippen molar-refractivity contribution in [2.75, 3.05) is 0 Å². The van der Waals surface area contributed by atoms with Gasteiger partial charge in [0.25, 0.3) is 5.91 Å². The van der Waals surface area contributed by atoms with Gasteiger partial charge in [-0.3, -0.25) is 10.1 Å². The topological polar surface area (TPSA) is 123 Å². The maximum atomic E-state index is 13.5. The Labute approximate surface area is 215 Å². The van der Waals surface area contributed by atoms with Crippen molar-refractivity contribution >= 4 is 22.7 Å². The number of nitrogens with one attached hydrogen (secondary N) is 2. The van der Waals surface area contributed by atoms with Gasteiger partial charge in [0.2, 0.25) is 0 Å². The number of hydrogen-bond donors (Lipinski definition) is 3. The molecule has 5 aromatic rings. The minimum atomic E-state index is -1.52. The molecule has 3 amide bonds. The third kappa shape index (κ3) is 4.09. The van der Waals surface area contributed by atoms with Crippen LogP contribution in [0.2, 0.25) is 0 Å². The molecule has 38 heavy (non-hydrogen) atoms. The van der Waals surface area contributed by atoms with Crippen molar-refractivity contribution in [3.05, 3.63) is 103 Å². The number of imide groups is 1. The summed E-state index contributed by atoms with van der Waals surface area (Å²) in [5.41, 5.74) is 0.710. The van der Waals surface area contributed by atoms with Crippen molar-refractivity contribution in [3.63, 3.8) is 0 Å². The molecular weight excluding hydrogens is 491 g/mol. The zero-order valence-electron chi connectivity index (χ0n) is 19.8. The second kappa shape index (κ2) is 9.04. The largest absolute Gasteiger partial charge is 0.494 e. The van der Waals surface area contributed by atoms with Crippen molar-refractivity contribution in [2.24, 2.45) is 0 Å². The number of carbonyl (C=O) groups is 2. The Kier molecular flexibility index (Phi) is 5.52. The molecule has 2 aromatic heterocycles. The van der Waals surface area contributed by atoms with Gasteiger partial charge in [-0.1, -0.05) is 24.3 Å². The molecule has 0 aliphatic carbocycles. The number of nitrogens with zero attached hydrogens (tertiary/aromatic N) is 4. The molecular formula is C27H21FN6O4. The van der Waals surface area contributed by atoms with E-state index in [2.05, 4.69) is 20.7 Å². The monoisotopic (exact) mass is 512 g/mol. The van der Waals surface area contributed by atoms with Crippen molar-refractivity contribution in [3.8, 4) is 17.3 Å². The van der Waals surface area contributed by atoms with Gasteiger partial charge in [0, 0.05) is 17.0 Å². The molecule has 3 heterocycles. The quantitative estimate of drug-likeness (QED) is 0.287. The van der Waals surface area contributed by atoms with Gasteiger partial charge in [-0.15, -0.1) is 0 Å². The van der Waals surface area contributed by atoms with Crippen LogP contribution in [-0.2, 0) is 23.5 Å². The molecule has 11 heteroatoms. The molecule has 1 aliphatic heterocycles. The Bertz CT molecular complexity index is 1650. The first-order valence-electron chi connectivity index (χ1n) is 11.7. The lowest BCUT2D eigenvalue weighted by atomic mass is 9.89. The van der Waals surface area contributed by atoms with E-state index in [0.29, 0.717) is 28.7 Å². The number of ether oxygens (including phenoxy) is 1. The average molecular weight is 513 g/mol. The smallest absolute Gasteiger partial charge is 0.322 e. The maximum Gasteiger partial charge on any atom is 0.322 e. The third-order valence-corrected chi connectivity index (χ3v) is 6.54. The third-order valence-electron chi connectivity index (χ3n) is 6.54. The SMILES string of the molecule is O=C1NC(=O)[C@](Cn2cc3cc(OCc4ccc(-n5cncn5)cc4)ccc3c2O)(c2ccc(F)cc2)N1. The van der Waals surface area contributed by atoms with Crippen LogP contribution in [0.5, 0.6) is 11.6 Å². The van der Waals surface area contributed by atoms with Gasteiger partial charge in [0.05, 0.1) is 12.2 Å². The van der Waals surface area contributed by atoms with Crippen molar-refractivity contribution in [2.45, 2.75) is 18.7 Å². The van der Waals surface area contributed by atoms with Gasteiger partial charge >= 0.3 is 6.03 Å². The molecule has 1 saturated heterocycles. The lowest BCUT2D eigenvalue weighted by molar-refractivity contribution is -0.124. The number of aromatic hydroxyl groups is 1. The number of carbonyl (C=O) groups excluding carboxylic acids is 2. The summed E-state index contributed by atoms with van der Waals surface area (Å²) in [7, 11) is 0. The fraction of sp³-hybridized carbons (Fsp3) is 0.111. The van der Waals surface area contributed by atoms with Crippen LogP contribution in [0.15, 0.2) is 85.6 Å². The lowest BCUT2D eigenvalue weighted by Crippen LogP contribution is -2.47. The number of fused-ring (bicyclic) bond motifs is 1. The van der Waals surface area contributed by atoms with Gasteiger partial charge in [-0.25, -0.2) is 18.9 Å². The fourth-order valence-electron chi connectivity index (χ4n) is 4.59. The Morgan fingerprint density at radius 2 is 1.82 bits per heavy atom. The Morgan fingerprint density at radius 1 is 1.03 bits per heavy atom. The first-order valence-corrected chi connectivity index (χ1v) is 11.7. The van der Waals surface area contributed by atoms with Crippen LogP contribution in [0.4, 0.5) is 9.18 Å². The molecule has 1 aliphatic rings. The number of benzene rings is 3. The molecule has 0 bridgehead atoms. The number of halogens is 1. The van der Waals surface area contributed by atoms with E-state index in [9.17, 15) is 19.1 Å². The predicted molar refractivity (Wildman–Crippen MR) is 134 cm³/mol. The van der Waals surface area contributed by atoms with E-state index in [1.807, 2.05) is 24.3 Å². The van der Waals surface area contributed by atoms with Crippen LogP contribution in [0.25, 0.3) is 16.5 Å². The number of urea groups is 1. The molecule has 1 atom stereocenters. The molecule has 190 valence electrons. The van der Waals surface area contributed by atoms with Crippen LogP contribution in [0.3, 0.4) is 0 Å². The van der Waals surface area contributed by atoms with E-state index in [-0.39, 0.29) is 12.4 Å². The summed E-state index contributed by atoms with van der Waals surface area (Å²) in [6, 6.07) is 17.6. The van der Waals surface area contributed by atoms with Crippen LogP contribution < -0.4 is 15.4 Å². The maximum absolute atomic E-state index is 13.5. The highest BCUT2D eigenvalue weighted by Crippen LogP contribution is 2.35. The van der Waals surface area contributed by atoms with E-state index in [4.69, 9.17) is 4.74 Å². The molecule has 0 radical (unpaired) electrons. The molecule has 0 unspecified atom stereocenters. The van der Waals surface area contributed by atoms with Gasteiger partial charge in [-0.2, -0.15) is 5.10 Å². The molecule has 3 N–H and O–H groups in total. The molecule has 0 saturated carbocycles. The highest BCUT2D eigenvalue weighted by Gasteiger charge is 2.48. The van der Waals surface area contributed by atoms with Gasteiger partial charge in [0.15, 0.2) is 11.4 Å². The van der Waals surface area contributed by atoms with Crippen LogP contribution in [0.1, 0.15) is 11.1 Å². The van der Waals surface area contributed by atoms with E-state index < -0.39 is 23.3 Å². The summed E-state index contributed by atoms with van der Waals surface area (Å²) in [6.07, 6.45) is 4.77. The molecule has 10 nitrogen and oxygen atoms in total. The standard InChI is InChI=1S/C27H21FN6O4/c28-20-5-3-19(4-6-20)27(25(36)31-26(37)32-27)14-33-12-18-11-22(9-10-23(18)24(33)35)38-13-17-1-7-21(8-2-17)34-16-29-15-30-34/h1-12,15-16,35H,13-14H2,(H2,31,32,36,37)/t27-/m0/s1. The lowest BCUT2D eigenvalue weighted by Gasteiger charge is -2.27. The van der Waals surface area contributed by atoms with Crippen molar-refractivity contribution < 1.29 is 23.8 Å². The van der Waals surface area contributed by atoms with Crippen LogP contribution >= 0.6 is 0 Å². The van der Waals surface area contributed by atoms with Crippen molar-refractivity contribution in [1.82, 2.24) is 30.0 Å². The number of amides is 3. The first kappa shape index (κ1) is 23.2. The second-order valence-corrected chi connectivity index (χ2v) is 8.95. The Hall–Kier alpha value is -5.19. The first-order chi connectivity index (χ1) is 18.4. The summed E-state index contributed by atoms with van der Waals surface area (Å²) in [5.74, 6) is -0.548. The van der Waals surface area contributed by atoms with E-state index >= 15 is 0 Å². The summed E-state index contributed by atoms with van der Waals surface area (Å²) < 4.78 is 22.6. The van der Waals surface area contributed by atoms with E-state index in [1.54, 1.807) is 35.4 Å². The number of rotatable bonds is 7. The minimum absolute atomic E-state index is 0.0781. The van der Waals surface area contributed by atoms with Crippen LogP contribution in [-0.4, -0.2) is 36.4 Å². The fourth-order valence-corrected chi connectivity index (χ4v) is 4.59. The molecule has 3 aromatic carbocycles. The highest BCUT2D eigenvalue weighted by atomic mass is 19.1. The van der Waals surface area contributed by atoms with Gasteiger partial charge in [-0.05, 0) is 53.6 Å². The normalized spacial score (nSPS) is 17.0. The highest BCUT2D eigenvalue weighted by molar-refractivity contribution is 6.07.